The number of rotatable bonds is 7. The second-order valence-corrected chi connectivity index (χ2v) is 9.53. The molecule has 2 aromatic carbocycles. The monoisotopic (exact) mass is 403 g/mol. The summed E-state index contributed by atoms with van der Waals surface area (Å²) in [6, 6.07) is 13.8. The van der Waals surface area contributed by atoms with E-state index >= 15 is 0 Å². The summed E-state index contributed by atoms with van der Waals surface area (Å²) in [5.74, 6) is 1.96. The van der Waals surface area contributed by atoms with Crippen molar-refractivity contribution < 1.29 is 17.9 Å². The topological polar surface area (TPSA) is 64.6 Å². The lowest BCUT2D eigenvalue weighted by Crippen LogP contribution is -2.29. The summed E-state index contributed by atoms with van der Waals surface area (Å²) >= 11 is 0. The van der Waals surface area contributed by atoms with Crippen LogP contribution in [-0.4, -0.2) is 34.9 Å². The van der Waals surface area contributed by atoms with Gasteiger partial charge in [0.15, 0.2) is 21.3 Å². The summed E-state index contributed by atoms with van der Waals surface area (Å²) in [5.41, 5.74) is 2.30. The van der Waals surface area contributed by atoms with E-state index in [-0.39, 0.29) is 6.04 Å². The zero-order valence-electron chi connectivity index (χ0n) is 16.9. The van der Waals surface area contributed by atoms with Crippen molar-refractivity contribution in [1.82, 2.24) is 5.32 Å². The van der Waals surface area contributed by atoms with Gasteiger partial charge in [0.05, 0.1) is 19.1 Å². The summed E-state index contributed by atoms with van der Waals surface area (Å²) in [5, 5.41) is 3.73. The highest BCUT2D eigenvalue weighted by atomic mass is 32.2. The standard InChI is InChI=1S/C22H29NO4S/c1-15(20-6-5-7-21(26-2)22(20)27-3)23-18-11-8-17(14-18)16-9-12-19(13-10-16)28(4,24)25/h5-7,9-10,12-13,15,17-18,23H,8,11,14H2,1-4H3/t15-,17?,18+/m1/s1. The molecule has 1 fully saturated rings. The van der Waals surface area contributed by atoms with E-state index in [0.717, 1.165) is 36.3 Å². The Kier molecular flexibility index (Phi) is 6.30. The Labute approximate surface area is 168 Å². The minimum atomic E-state index is -3.15. The van der Waals surface area contributed by atoms with Crippen molar-refractivity contribution in [1.29, 1.82) is 0 Å². The van der Waals surface area contributed by atoms with E-state index in [1.165, 1.54) is 11.8 Å². The van der Waals surface area contributed by atoms with Gasteiger partial charge in [0.25, 0.3) is 0 Å². The van der Waals surface area contributed by atoms with Gasteiger partial charge in [-0.05, 0) is 55.9 Å². The molecule has 0 amide bonds. The number of ether oxygens (including phenoxy) is 2. The van der Waals surface area contributed by atoms with Crippen LogP contribution in [0.25, 0.3) is 0 Å². The van der Waals surface area contributed by atoms with Gasteiger partial charge in [-0.25, -0.2) is 8.42 Å². The highest BCUT2D eigenvalue weighted by molar-refractivity contribution is 7.90. The molecule has 1 aliphatic rings. The highest BCUT2D eigenvalue weighted by Crippen LogP contribution is 2.38. The van der Waals surface area contributed by atoms with Gasteiger partial charge in [0, 0.05) is 23.9 Å². The highest BCUT2D eigenvalue weighted by Gasteiger charge is 2.28. The van der Waals surface area contributed by atoms with Crippen LogP contribution in [0.1, 0.15) is 49.3 Å². The normalized spacial score (nSPS) is 20.7. The minimum absolute atomic E-state index is 0.140. The van der Waals surface area contributed by atoms with Crippen LogP contribution in [-0.2, 0) is 9.84 Å². The molecule has 152 valence electrons. The van der Waals surface area contributed by atoms with Crippen LogP contribution < -0.4 is 14.8 Å². The van der Waals surface area contributed by atoms with Gasteiger partial charge in [-0.3, -0.25) is 0 Å². The Morgan fingerprint density at radius 1 is 1.04 bits per heavy atom. The lowest BCUT2D eigenvalue weighted by molar-refractivity contribution is 0.345. The van der Waals surface area contributed by atoms with Crippen molar-refractivity contribution in [3.05, 3.63) is 53.6 Å². The molecule has 1 unspecified atom stereocenters. The van der Waals surface area contributed by atoms with Crippen molar-refractivity contribution >= 4 is 9.84 Å². The van der Waals surface area contributed by atoms with Gasteiger partial charge >= 0.3 is 0 Å². The van der Waals surface area contributed by atoms with Crippen LogP contribution in [0.15, 0.2) is 47.4 Å². The average Bonchev–Trinajstić information content (AvgIpc) is 3.15. The van der Waals surface area contributed by atoms with Crippen LogP contribution in [0.2, 0.25) is 0 Å². The molecule has 3 rings (SSSR count). The van der Waals surface area contributed by atoms with Gasteiger partial charge in [0.2, 0.25) is 0 Å². The fourth-order valence-electron chi connectivity index (χ4n) is 4.12. The van der Waals surface area contributed by atoms with E-state index in [2.05, 4.69) is 18.3 Å². The number of methoxy groups -OCH3 is 2. The predicted molar refractivity (Wildman–Crippen MR) is 111 cm³/mol. The van der Waals surface area contributed by atoms with E-state index in [0.29, 0.717) is 16.9 Å². The van der Waals surface area contributed by atoms with Crippen LogP contribution in [0, 0.1) is 0 Å². The van der Waals surface area contributed by atoms with Crippen LogP contribution >= 0.6 is 0 Å². The van der Waals surface area contributed by atoms with Gasteiger partial charge in [0.1, 0.15) is 0 Å². The van der Waals surface area contributed by atoms with Crippen molar-refractivity contribution in [3.8, 4) is 11.5 Å². The molecular formula is C22H29NO4S. The maximum atomic E-state index is 11.6. The molecule has 2 aromatic rings. The number of benzene rings is 2. The lowest BCUT2D eigenvalue weighted by atomic mass is 9.97. The summed E-state index contributed by atoms with van der Waals surface area (Å²) in [7, 11) is 0.168. The molecule has 0 spiro atoms. The number of nitrogens with one attached hydrogen (secondary N) is 1. The van der Waals surface area contributed by atoms with E-state index < -0.39 is 9.84 Å². The molecule has 6 heteroatoms. The fourth-order valence-corrected chi connectivity index (χ4v) is 4.75. The molecular weight excluding hydrogens is 374 g/mol. The summed E-state index contributed by atoms with van der Waals surface area (Å²) < 4.78 is 34.3. The smallest absolute Gasteiger partial charge is 0.175 e. The van der Waals surface area contributed by atoms with Crippen LogP contribution in [0.4, 0.5) is 0 Å². The Morgan fingerprint density at radius 2 is 1.75 bits per heavy atom. The average molecular weight is 404 g/mol. The first-order chi connectivity index (χ1) is 13.3. The molecule has 0 radical (unpaired) electrons. The van der Waals surface area contributed by atoms with Crippen molar-refractivity contribution in [2.75, 3.05) is 20.5 Å². The van der Waals surface area contributed by atoms with Crippen molar-refractivity contribution in [3.63, 3.8) is 0 Å². The maximum absolute atomic E-state index is 11.6. The third-order valence-corrected chi connectivity index (χ3v) is 6.73. The molecule has 1 aliphatic carbocycles. The fraction of sp³-hybridized carbons (Fsp3) is 0.455. The van der Waals surface area contributed by atoms with E-state index in [9.17, 15) is 8.42 Å². The van der Waals surface area contributed by atoms with Gasteiger partial charge in [-0.15, -0.1) is 0 Å². The summed E-state index contributed by atoms with van der Waals surface area (Å²) in [6.07, 6.45) is 4.47. The number of para-hydroxylation sites is 1. The molecule has 0 bridgehead atoms. The zero-order valence-corrected chi connectivity index (χ0v) is 17.8. The number of hydrogen-bond donors (Lipinski definition) is 1. The van der Waals surface area contributed by atoms with Gasteiger partial charge in [-0.2, -0.15) is 0 Å². The van der Waals surface area contributed by atoms with E-state index in [1.54, 1.807) is 26.4 Å². The third kappa shape index (κ3) is 4.50. The minimum Gasteiger partial charge on any atom is -0.493 e. The first-order valence-electron chi connectivity index (χ1n) is 9.60. The SMILES string of the molecule is COc1cccc([C@@H](C)N[C@H]2CCC(c3ccc(S(C)(=O)=O)cc3)C2)c1OC. The molecule has 5 nitrogen and oxygen atoms in total. The Hall–Kier alpha value is -2.05. The van der Waals surface area contributed by atoms with E-state index in [4.69, 9.17) is 9.47 Å². The molecule has 0 heterocycles. The van der Waals surface area contributed by atoms with Gasteiger partial charge < -0.3 is 14.8 Å². The third-order valence-electron chi connectivity index (χ3n) is 5.60. The van der Waals surface area contributed by atoms with Gasteiger partial charge in [-0.1, -0.05) is 24.3 Å². The predicted octanol–water partition coefficient (Wildman–Crippen LogP) is 4.09. The van der Waals surface area contributed by atoms with Crippen LogP contribution in [0.3, 0.4) is 0 Å². The Morgan fingerprint density at radius 3 is 2.36 bits per heavy atom. The molecule has 1 saturated carbocycles. The largest absolute Gasteiger partial charge is 0.493 e. The molecule has 28 heavy (non-hydrogen) atoms. The first-order valence-corrected chi connectivity index (χ1v) is 11.5. The molecule has 3 atom stereocenters. The molecule has 0 aromatic heterocycles. The molecule has 1 N–H and O–H groups in total. The second kappa shape index (κ2) is 8.53. The Bertz CT molecular complexity index is 909. The number of sulfone groups is 1. The second-order valence-electron chi connectivity index (χ2n) is 7.52. The summed E-state index contributed by atoms with van der Waals surface area (Å²) in [4.78, 5) is 0.377. The molecule has 0 saturated heterocycles. The first kappa shape index (κ1) is 20.7. The van der Waals surface area contributed by atoms with Crippen LogP contribution in [0.5, 0.6) is 11.5 Å². The zero-order chi connectivity index (χ0) is 20.3. The summed E-state index contributed by atoms with van der Waals surface area (Å²) in [6.45, 7) is 2.14. The maximum Gasteiger partial charge on any atom is 0.175 e. The van der Waals surface area contributed by atoms with Crippen molar-refractivity contribution in [2.45, 2.75) is 49.1 Å². The van der Waals surface area contributed by atoms with Crippen molar-refractivity contribution in [2.24, 2.45) is 0 Å². The lowest BCUT2D eigenvalue weighted by Gasteiger charge is -2.23. The Balaban J connectivity index is 1.66. The number of hydrogen-bond acceptors (Lipinski definition) is 5. The van der Waals surface area contributed by atoms with E-state index in [1.807, 2.05) is 24.3 Å². The quantitative estimate of drug-likeness (QED) is 0.754. The molecule has 0 aliphatic heterocycles.